The Morgan fingerprint density at radius 1 is 1.07 bits per heavy atom. The molecular formula is C23H30N6. The van der Waals surface area contributed by atoms with Gasteiger partial charge in [0.2, 0.25) is 0 Å². The third-order valence-corrected chi connectivity index (χ3v) is 6.86. The van der Waals surface area contributed by atoms with Crippen molar-refractivity contribution in [3.05, 3.63) is 55.0 Å². The van der Waals surface area contributed by atoms with Crippen LogP contribution in [0, 0.1) is 5.92 Å². The van der Waals surface area contributed by atoms with E-state index in [0.29, 0.717) is 12.0 Å². The lowest BCUT2D eigenvalue weighted by molar-refractivity contribution is 0.0391. The lowest BCUT2D eigenvalue weighted by atomic mass is 9.77. The van der Waals surface area contributed by atoms with Gasteiger partial charge in [-0.1, -0.05) is 6.92 Å². The molecule has 2 atom stereocenters. The van der Waals surface area contributed by atoms with Crippen LogP contribution in [0.1, 0.15) is 27.2 Å². The fraction of sp³-hybridized carbons (Fsp3) is 0.435. The minimum Gasteiger partial charge on any atom is -0.355 e. The summed E-state index contributed by atoms with van der Waals surface area (Å²) in [7, 11) is 4.36. The zero-order valence-electron chi connectivity index (χ0n) is 17.9. The molecule has 6 nitrogen and oxygen atoms in total. The average molecular weight is 391 g/mol. The van der Waals surface area contributed by atoms with Crippen LogP contribution in [0.3, 0.4) is 0 Å². The molecule has 0 radical (unpaired) electrons. The Labute approximate surface area is 173 Å². The number of nitrogens with zero attached hydrogens (tertiary/aromatic N) is 6. The van der Waals surface area contributed by atoms with E-state index in [1.807, 2.05) is 53.5 Å². The number of piperidine rings is 1. The highest BCUT2D eigenvalue weighted by atomic mass is 15.3. The van der Waals surface area contributed by atoms with Crippen molar-refractivity contribution in [2.75, 3.05) is 25.5 Å². The van der Waals surface area contributed by atoms with Gasteiger partial charge in [-0.3, -0.25) is 0 Å². The Morgan fingerprint density at radius 2 is 1.83 bits per heavy atom. The van der Waals surface area contributed by atoms with E-state index in [-0.39, 0.29) is 5.54 Å². The lowest BCUT2D eigenvalue weighted by Crippen LogP contribution is -2.59. The van der Waals surface area contributed by atoms with Crippen LogP contribution >= 0.6 is 0 Å². The molecule has 152 valence electrons. The molecule has 0 saturated carbocycles. The molecule has 1 aliphatic heterocycles. The number of rotatable bonds is 4. The molecule has 0 spiro atoms. The topological polar surface area (TPSA) is 50.1 Å². The van der Waals surface area contributed by atoms with Gasteiger partial charge in [-0.05, 0) is 69.6 Å². The van der Waals surface area contributed by atoms with Gasteiger partial charge in [0, 0.05) is 49.3 Å². The normalized spacial score (nSPS) is 21.8. The number of likely N-dealkylation sites (tertiary alicyclic amines) is 1. The highest BCUT2D eigenvalue weighted by Gasteiger charge is 2.41. The number of hydrogen-bond donors (Lipinski definition) is 0. The van der Waals surface area contributed by atoms with Crippen LogP contribution in [0.15, 0.2) is 55.0 Å². The summed E-state index contributed by atoms with van der Waals surface area (Å²) >= 11 is 0. The second kappa shape index (κ2) is 7.59. The van der Waals surface area contributed by atoms with Crippen molar-refractivity contribution in [2.24, 2.45) is 5.92 Å². The molecule has 1 fully saturated rings. The van der Waals surface area contributed by atoms with Gasteiger partial charge in [0.15, 0.2) is 5.82 Å². The quantitative estimate of drug-likeness (QED) is 0.677. The Kier molecular flexibility index (Phi) is 5.13. The molecule has 0 aliphatic carbocycles. The van der Waals surface area contributed by atoms with Gasteiger partial charge in [-0.2, -0.15) is 0 Å². The van der Waals surface area contributed by atoms with E-state index < -0.39 is 0 Å². The number of pyridine rings is 1. The standard InChI is InChI=1S/C23H30N6/c1-17-20(12-15-27(4)23(17,2)3)28(5)22-11-9-19(25-26-22)18-8-10-21(24-16-18)29-13-6-7-14-29/h6-11,13-14,16-17,20H,12,15H2,1-5H3. The lowest BCUT2D eigenvalue weighted by Gasteiger charge is -2.51. The maximum absolute atomic E-state index is 4.54. The van der Waals surface area contributed by atoms with Gasteiger partial charge in [0.05, 0.1) is 5.69 Å². The second-order valence-corrected chi connectivity index (χ2v) is 8.60. The number of hydrogen-bond acceptors (Lipinski definition) is 5. The predicted molar refractivity (Wildman–Crippen MR) is 117 cm³/mol. The molecule has 1 saturated heterocycles. The largest absolute Gasteiger partial charge is 0.355 e. The van der Waals surface area contributed by atoms with E-state index >= 15 is 0 Å². The smallest absolute Gasteiger partial charge is 0.151 e. The van der Waals surface area contributed by atoms with Gasteiger partial charge in [0.1, 0.15) is 5.82 Å². The van der Waals surface area contributed by atoms with Crippen LogP contribution in [0.25, 0.3) is 17.1 Å². The minimum absolute atomic E-state index is 0.164. The summed E-state index contributed by atoms with van der Waals surface area (Å²) in [6.45, 7) is 8.10. The van der Waals surface area contributed by atoms with Crippen molar-refractivity contribution in [3.8, 4) is 17.1 Å². The molecule has 4 rings (SSSR count). The Hall–Kier alpha value is -2.73. The van der Waals surface area contributed by atoms with Crippen molar-refractivity contribution in [1.29, 1.82) is 0 Å². The number of aromatic nitrogens is 4. The van der Waals surface area contributed by atoms with Crippen molar-refractivity contribution in [3.63, 3.8) is 0 Å². The monoisotopic (exact) mass is 390 g/mol. The first-order valence-electron chi connectivity index (χ1n) is 10.3. The van der Waals surface area contributed by atoms with Crippen LogP contribution < -0.4 is 4.90 Å². The second-order valence-electron chi connectivity index (χ2n) is 8.60. The number of anilines is 1. The SMILES string of the molecule is CC1C(N(C)c2ccc(-c3ccc(-n4cccc4)nc3)nn2)CCN(C)C1(C)C. The van der Waals surface area contributed by atoms with Crippen molar-refractivity contribution >= 4 is 5.82 Å². The molecule has 3 aromatic heterocycles. The summed E-state index contributed by atoms with van der Waals surface area (Å²) in [5.74, 6) is 2.34. The molecule has 4 heterocycles. The summed E-state index contributed by atoms with van der Waals surface area (Å²) in [6.07, 6.45) is 6.95. The van der Waals surface area contributed by atoms with Gasteiger partial charge in [-0.15, -0.1) is 10.2 Å². The van der Waals surface area contributed by atoms with Crippen LogP contribution in [0.5, 0.6) is 0 Å². The summed E-state index contributed by atoms with van der Waals surface area (Å²) < 4.78 is 1.98. The highest BCUT2D eigenvalue weighted by Crippen LogP contribution is 2.35. The van der Waals surface area contributed by atoms with Crippen molar-refractivity contribution < 1.29 is 0 Å². The zero-order valence-corrected chi connectivity index (χ0v) is 17.9. The van der Waals surface area contributed by atoms with Crippen LogP contribution in [-0.2, 0) is 0 Å². The fourth-order valence-electron chi connectivity index (χ4n) is 4.23. The van der Waals surface area contributed by atoms with E-state index in [1.165, 1.54) is 0 Å². The summed E-state index contributed by atoms with van der Waals surface area (Å²) in [5, 5.41) is 9.02. The van der Waals surface area contributed by atoms with Gasteiger partial charge in [0.25, 0.3) is 0 Å². The highest BCUT2D eigenvalue weighted by molar-refractivity contribution is 5.59. The summed E-state index contributed by atoms with van der Waals surface area (Å²) in [5.41, 5.74) is 1.97. The van der Waals surface area contributed by atoms with Gasteiger partial charge in [-0.25, -0.2) is 4.98 Å². The summed E-state index contributed by atoms with van der Waals surface area (Å²) in [4.78, 5) is 9.30. The maximum atomic E-state index is 4.54. The third kappa shape index (κ3) is 3.65. The molecule has 1 aliphatic rings. The maximum Gasteiger partial charge on any atom is 0.151 e. The predicted octanol–water partition coefficient (Wildman–Crippen LogP) is 3.88. The van der Waals surface area contributed by atoms with E-state index in [4.69, 9.17) is 0 Å². The average Bonchev–Trinajstić information content (AvgIpc) is 3.27. The molecule has 29 heavy (non-hydrogen) atoms. The van der Waals surface area contributed by atoms with Crippen molar-refractivity contribution in [1.82, 2.24) is 24.6 Å². The summed E-state index contributed by atoms with van der Waals surface area (Å²) in [6, 6.07) is 12.6. The first-order valence-corrected chi connectivity index (χ1v) is 10.3. The first-order chi connectivity index (χ1) is 13.9. The van der Waals surface area contributed by atoms with E-state index in [2.05, 4.69) is 65.9 Å². The minimum atomic E-state index is 0.164. The van der Waals surface area contributed by atoms with E-state index in [1.54, 1.807) is 0 Å². The first kappa shape index (κ1) is 19.6. The molecule has 0 N–H and O–H groups in total. The molecule has 0 aromatic carbocycles. The molecule has 2 unspecified atom stereocenters. The van der Waals surface area contributed by atoms with Gasteiger partial charge >= 0.3 is 0 Å². The van der Waals surface area contributed by atoms with Gasteiger partial charge < -0.3 is 14.4 Å². The zero-order chi connectivity index (χ0) is 20.6. The molecule has 6 heteroatoms. The Morgan fingerprint density at radius 3 is 2.45 bits per heavy atom. The van der Waals surface area contributed by atoms with E-state index in [0.717, 1.165) is 35.9 Å². The molecular weight excluding hydrogens is 360 g/mol. The van der Waals surface area contributed by atoms with Crippen LogP contribution in [0.4, 0.5) is 5.82 Å². The Bertz CT molecular complexity index is 931. The van der Waals surface area contributed by atoms with Crippen molar-refractivity contribution in [2.45, 2.75) is 38.8 Å². The molecule has 0 bridgehead atoms. The fourth-order valence-corrected chi connectivity index (χ4v) is 4.23. The molecule has 0 amide bonds. The molecule has 3 aromatic rings. The Balaban J connectivity index is 1.50. The van der Waals surface area contributed by atoms with E-state index in [9.17, 15) is 0 Å². The third-order valence-electron chi connectivity index (χ3n) is 6.86. The van der Waals surface area contributed by atoms with Crippen LogP contribution in [-0.4, -0.2) is 56.9 Å². The van der Waals surface area contributed by atoms with Crippen LogP contribution in [0.2, 0.25) is 0 Å².